The van der Waals surface area contributed by atoms with Crippen molar-refractivity contribution in [1.82, 2.24) is 20.6 Å². The van der Waals surface area contributed by atoms with Crippen LogP contribution in [0.5, 0.6) is 0 Å². The minimum Gasteiger partial charge on any atom is -0.384 e. The Hall–Kier alpha value is -1.15. The fourth-order valence-electron chi connectivity index (χ4n) is 3.71. The quantitative estimate of drug-likeness (QED) is 0.734. The Morgan fingerprint density at radius 1 is 1.26 bits per heavy atom. The number of piperidine rings is 2. The molecule has 2 fully saturated rings. The molecule has 0 aliphatic carbocycles. The molecule has 0 atom stereocenters. The van der Waals surface area contributed by atoms with Gasteiger partial charge in [0.05, 0.1) is 6.61 Å². The third kappa shape index (κ3) is 6.45. The van der Waals surface area contributed by atoms with Gasteiger partial charge in [0.2, 0.25) is 5.95 Å². The summed E-state index contributed by atoms with van der Waals surface area (Å²) in [5.41, 5.74) is 0.454. The maximum absolute atomic E-state index is 12.6. The first-order chi connectivity index (χ1) is 12.2. The number of hydrogen-bond donors (Lipinski definition) is 2. The Morgan fingerprint density at radius 2 is 1.96 bits per heavy atom. The predicted molar refractivity (Wildman–Crippen MR) is 111 cm³/mol. The van der Waals surface area contributed by atoms with Gasteiger partial charge in [0.1, 0.15) is 5.69 Å². The highest BCUT2D eigenvalue weighted by Crippen LogP contribution is 2.28. The van der Waals surface area contributed by atoms with Crippen molar-refractivity contribution in [2.75, 3.05) is 51.3 Å². The van der Waals surface area contributed by atoms with E-state index in [1.165, 1.54) is 6.42 Å². The molecule has 0 unspecified atom stereocenters. The van der Waals surface area contributed by atoms with Crippen LogP contribution < -0.4 is 15.5 Å². The monoisotopic (exact) mass is 419 g/mol. The zero-order valence-electron chi connectivity index (χ0n) is 15.9. The first-order valence-electron chi connectivity index (χ1n) is 9.28. The molecule has 2 aliphatic rings. The van der Waals surface area contributed by atoms with Gasteiger partial charge in [-0.15, -0.1) is 24.8 Å². The highest BCUT2D eigenvalue weighted by atomic mass is 35.5. The Bertz CT molecular complexity index is 573. The van der Waals surface area contributed by atoms with Crippen LogP contribution in [-0.4, -0.2) is 62.3 Å². The van der Waals surface area contributed by atoms with Gasteiger partial charge < -0.3 is 20.3 Å². The number of amides is 1. The highest BCUT2D eigenvalue weighted by molar-refractivity contribution is 5.92. The number of anilines is 1. The molecule has 7 nitrogen and oxygen atoms in total. The van der Waals surface area contributed by atoms with Gasteiger partial charge in [0.25, 0.3) is 5.91 Å². The van der Waals surface area contributed by atoms with Crippen LogP contribution in [0, 0.1) is 5.41 Å². The third-order valence-electron chi connectivity index (χ3n) is 5.25. The number of ether oxygens (including phenoxy) is 1. The second-order valence-corrected chi connectivity index (χ2v) is 7.16. The summed E-state index contributed by atoms with van der Waals surface area (Å²) in [6.07, 6.45) is 7.27. The van der Waals surface area contributed by atoms with Crippen LogP contribution in [0.3, 0.4) is 0 Å². The number of rotatable bonds is 6. The van der Waals surface area contributed by atoms with Gasteiger partial charge in [-0.3, -0.25) is 4.79 Å². The van der Waals surface area contributed by atoms with Crippen molar-refractivity contribution >= 4 is 36.7 Å². The molecular weight excluding hydrogens is 389 g/mol. The van der Waals surface area contributed by atoms with Crippen molar-refractivity contribution in [3.05, 3.63) is 18.0 Å². The number of halogens is 2. The first-order valence-corrected chi connectivity index (χ1v) is 9.28. The molecule has 0 radical (unpaired) electrons. The molecule has 2 N–H and O–H groups in total. The second-order valence-electron chi connectivity index (χ2n) is 7.16. The number of nitrogens with zero attached hydrogens (tertiary/aromatic N) is 3. The van der Waals surface area contributed by atoms with Gasteiger partial charge in [-0.1, -0.05) is 0 Å². The van der Waals surface area contributed by atoms with Gasteiger partial charge >= 0.3 is 0 Å². The highest BCUT2D eigenvalue weighted by Gasteiger charge is 2.32. The predicted octanol–water partition coefficient (Wildman–Crippen LogP) is 2.06. The lowest BCUT2D eigenvalue weighted by Gasteiger charge is -2.37. The summed E-state index contributed by atoms with van der Waals surface area (Å²) < 4.78 is 5.41. The number of carbonyl (C=O) groups excluding carboxylic acids is 1. The van der Waals surface area contributed by atoms with Crippen LogP contribution in [0.1, 0.15) is 42.6 Å². The summed E-state index contributed by atoms with van der Waals surface area (Å²) in [5.74, 6) is 0.537. The lowest BCUT2D eigenvalue weighted by molar-refractivity contribution is 0.0510. The SMILES string of the molecule is COCC1(CNC(=O)c2ccnc(N3CCCCC3)n2)CCNCC1.Cl.Cl. The van der Waals surface area contributed by atoms with E-state index >= 15 is 0 Å². The molecule has 1 aromatic rings. The van der Waals surface area contributed by atoms with Gasteiger partial charge in [-0.2, -0.15) is 0 Å². The van der Waals surface area contributed by atoms with E-state index in [0.29, 0.717) is 24.8 Å². The van der Waals surface area contributed by atoms with Gasteiger partial charge in [0.15, 0.2) is 0 Å². The number of aromatic nitrogens is 2. The molecular formula is C18H31Cl2N5O2. The summed E-state index contributed by atoms with van der Waals surface area (Å²) in [4.78, 5) is 23.6. The van der Waals surface area contributed by atoms with Crippen LogP contribution in [-0.2, 0) is 4.74 Å². The third-order valence-corrected chi connectivity index (χ3v) is 5.25. The smallest absolute Gasteiger partial charge is 0.270 e. The molecule has 0 bridgehead atoms. The number of hydrogen-bond acceptors (Lipinski definition) is 6. The van der Waals surface area contributed by atoms with E-state index in [1.54, 1.807) is 19.4 Å². The summed E-state index contributed by atoms with van der Waals surface area (Å²) in [6, 6.07) is 1.69. The number of methoxy groups -OCH3 is 1. The lowest BCUT2D eigenvalue weighted by Crippen LogP contribution is -2.47. The van der Waals surface area contributed by atoms with Crippen molar-refractivity contribution < 1.29 is 9.53 Å². The van der Waals surface area contributed by atoms with E-state index in [4.69, 9.17) is 4.74 Å². The van der Waals surface area contributed by atoms with Crippen LogP contribution in [0.2, 0.25) is 0 Å². The maximum atomic E-state index is 12.6. The minimum absolute atomic E-state index is 0. The zero-order valence-corrected chi connectivity index (χ0v) is 17.5. The van der Waals surface area contributed by atoms with Gasteiger partial charge in [0, 0.05) is 38.4 Å². The first kappa shape index (κ1) is 23.9. The largest absolute Gasteiger partial charge is 0.384 e. The molecule has 1 amide bonds. The molecule has 9 heteroatoms. The van der Waals surface area contributed by atoms with Crippen molar-refractivity contribution in [1.29, 1.82) is 0 Å². The standard InChI is InChI=1S/C18H29N5O2.2ClH/c1-25-14-18(6-9-19-10-7-18)13-21-16(24)15-5-8-20-17(22-15)23-11-3-2-4-12-23;;/h5,8,19H,2-4,6-7,9-14H2,1H3,(H,21,24);2*1H. The van der Waals surface area contributed by atoms with E-state index in [2.05, 4.69) is 25.5 Å². The molecule has 1 aromatic heterocycles. The lowest BCUT2D eigenvalue weighted by atomic mass is 9.79. The van der Waals surface area contributed by atoms with Crippen molar-refractivity contribution in [2.45, 2.75) is 32.1 Å². The van der Waals surface area contributed by atoms with Crippen LogP contribution in [0.25, 0.3) is 0 Å². The topological polar surface area (TPSA) is 79.4 Å². The summed E-state index contributed by atoms with van der Waals surface area (Å²) in [6.45, 7) is 5.14. The summed E-state index contributed by atoms with van der Waals surface area (Å²) in [5, 5.41) is 6.44. The molecule has 0 spiro atoms. The molecule has 3 rings (SSSR count). The minimum atomic E-state index is -0.130. The van der Waals surface area contributed by atoms with Crippen LogP contribution >= 0.6 is 24.8 Å². The fraction of sp³-hybridized carbons (Fsp3) is 0.722. The molecule has 0 saturated carbocycles. The molecule has 27 heavy (non-hydrogen) atoms. The van der Waals surface area contributed by atoms with Crippen LogP contribution in [0.15, 0.2) is 12.3 Å². The van der Waals surface area contributed by atoms with Crippen LogP contribution in [0.4, 0.5) is 5.95 Å². The van der Waals surface area contributed by atoms with E-state index < -0.39 is 0 Å². The van der Waals surface area contributed by atoms with Gasteiger partial charge in [-0.05, 0) is 51.3 Å². The van der Waals surface area contributed by atoms with Crippen molar-refractivity contribution in [2.24, 2.45) is 5.41 Å². The van der Waals surface area contributed by atoms with E-state index in [-0.39, 0.29) is 36.1 Å². The normalized spacial score (nSPS) is 18.8. The average molecular weight is 420 g/mol. The number of carbonyl (C=O) groups is 1. The van der Waals surface area contributed by atoms with E-state index in [0.717, 1.165) is 51.9 Å². The number of nitrogens with one attached hydrogen (secondary N) is 2. The molecule has 154 valence electrons. The average Bonchev–Trinajstić information content (AvgIpc) is 2.68. The Kier molecular flexibility index (Phi) is 10.3. The maximum Gasteiger partial charge on any atom is 0.270 e. The van der Waals surface area contributed by atoms with E-state index in [9.17, 15) is 4.79 Å². The molecule has 3 heterocycles. The van der Waals surface area contributed by atoms with Gasteiger partial charge in [-0.25, -0.2) is 9.97 Å². The summed E-state index contributed by atoms with van der Waals surface area (Å²) in [7, 11) is 1.72. The second kappa shape index (κ2) is 11.6. The van der Waals surface area contributed by atoms with Crippen molar-refractivity contribution in [3.63, 3.8) is 0 Å². The zero-order chi connectivity index (χ0) is 17.5. The van der Waals surface area contributed by atoms with Crippen molar-refractivity contribution in [3.8, 4) is 0 Å². The van der Waals surface area contributed by atoms with E-state index in [1.807, 2.05) is 0 Å². The molecule has 0 aromatic carbocycles. The Morgan fingerprint density at radius 3 is 2.63 bits per heavy atom. The Balaban J connectivity index is 0.00000182. The molecule has 2 aliphatic heterocycles. The Labute approximate surface area is 173 Å². The summed E-state index contributed by atoms with van der Waals surface area (Å²) >= 11 is 0. The fourth-order valence-corrected chi connectivity index (χ4v) is 3.71. The molecule has 2 saturated heterocycles.